The molecule has 0 radical (unpaired) electrons. The second kappa shape index (κ2) is 5.40. The number of aromatic nitrogens is 4. The van der Waals surface area contributed by atoms with Gasteiger partial charge in [-0.1, -0.05) is 30.3 Å². The average Bonchev–Trinajstić information content (AvgIpc) is 2.86. The van der Waals surface area contributed by atoms with Gasteiger partial charge < -0.3 is 5.73 Å². The van der Waals surface area contributed by atoms with Crippen molar-refractivity contribution in [2.45, 2.75) is 39.2 Å². The Morgan fingerprint density at radius 3 is 2.45 bits per heavy atom. The van der Waals surface area contributed by atoms with Crippen molar-refractivity contribution in [2.75, 3.05) is 5.73 Å². The average molecular weight is 295 g/mol. The Balaban J connectivity index is 2.02. The molecule has 0 saturated heterocycles. The van der Waals surface area contributed by atoms with E-state index >= 15 is 0 Å². The van der Waals surface area contributed by atoms with Crippen LogP contribution in [-0.2, 0) is 18.4 Å². The molecule has 3 rings (SSSR count). The highest BCUT2D eigenvalue weighted by Crippen LogP contribution is 2.27. The number of rotatable bonds is 3. The fraction of sp³-hybridized carbons (Fsp3) is 0.353. The van der Waals surface area contributed by atoms with Gasteiger partial charge in [0.05, 0.1) is 16.6 Å². The summed E-state index contributed by atoms with van der Waals surface area (Å²) >= 11 is 0. The molecule has 0 aliphatic rings. The third-order valence-electron chi connectivity index (χ3n) is 3.70. The number of nitrogens with zero attached hydrogens (tertiary/aromatic N) is 4. The van der Waals surface area contributed by atoms with Crippen molar-refractivity contribution in [3.8, 4) is 0 Å². The van der Waals surface area contributed by atoms with Gasteiger partial charge in [0, 0.05) is 0 Å². The van der Waals surface area contributed by atoms with Gasteiger partial charge in [-0.05, 0) is 39.2 Å². The highest BCUT2D eigenvalue weighted by molar-refractivity contribution is 5.88. The smallest absolute Gasteiger partial charge is 0.164 e. The van der Waals surface area contributed by atoms with Gasteiger partial charge in [-0.15, -0.1) is 0 Å². The van der Waals surface area contributed by atoms with Crippen molar-refractivity contribution < 1.29 is 0 Å². The fourth-order valence-electron chi connectivity index (χ4n) is 2.60. The van der Waals surface area contributed by atoms with Gasteiger partial charge in [0.15, 0.2) is 5.65 Å². The number of anilines is 1. The van der Waals surface area contributed by atoms with E-state index in [2.05, 4.69) is 55.0 Å². The predicted molar refractivity (Wildman–Crippen MR) is 88.6 cm³/mol. The van der Waals surface area contributed by atoms with E-state index in [0.717, 1.165) is 29.6 Å². The minimum absolute atomic E-state index is 0.149. The van der Waals surface area contributed by atoms with Crippen molar-refractivity contribution >= 4 is 16.9 Å². The zero-order valence-corrected chi connectivity index (χ0v) is 13.2. The molecule has 2 aromatic heterocycles. The van der Waals surface area contributed by atoms with E-state index < -0.39 is 0 Å². The van der Waals surface area contributed by atoms with Crippen LogP contribution in [0, 0.1) is 0 Å². The molecule has 2 N–H and O–H groups in total. The number of benzene rings is 1. The molecule has 0 unspecified atom stereocenters. The lowest BCUT2D eigenvalue weighted by molar-refractivity contribution is 0.363. The molecule has 3 aromatic rings. The second-order valence-corrected chi connectivity index (χ2v) is 6.47. The molecule has 0 aliphatic heterocycles. The molecule has 0 aliphatic carbocycles. The number of aryl methyl sites for hydroxylation is 2. The molecule has 0 amide bonds. The van der Waals surface area contributed by atoms with Crippen LogP contribution < -0.4 is 5.73 Å². The number of fused-ring (bicyclic) bond motifs is 1. The molecule has 0 fully saturated rings. The van der Waals surface area contributed by atoms with Crippen LogP contribution in [0.15, 0.2) is 36.7 Å². The van der Waals surface area contributed by atoms with Crippen molar-refractivity contribution in [3.63, 3.8) is 0 Å². The Labute approximate surface area is 130 Å². The largest absolute Gasteiger partial charge is 0.383 e. The standard InChI is InChI=1S/C17H21N5/c1-17(2,3)22-16-14(15(18)19-11-20-16)13(21-22)10-9-12-7-5-4-6-8-12/h4-8,11H,9-10H2,1-3H3,(H2,18,19,20). The number of nitrogens with two attached hydrogens (primary N) is 1. The lowest BCUT2D eigenvalue weighted by atomic mass is 10.1. The first-order chi connectivity index (χ1) is 10.5. The van der Waals surface area contributed by atoms with E-state index in [4.69, 9.17) is 10.8 Å². The van der Waals surface area contributed by atoms with Crippen molar-refractivity contribution in [3.05, 3.63) is 47.9 Å². The summed E-state index contributed by atoms with van der Waals surface area (Å²) in [7, 11) is 0. The van der Waals surface area contributed by atoms with Gasteiger partial charge in [-0.25, -0.2) is 14.6 Å². The Hall–Kier alpha value is -2.43. The third kappa shape index (κ3) is 2.66. The molecule has 5 nitrogen and oxygen atoms in total. The molecule has 2 heterocycles. The van der Waals surface area contributed by atoms with Crippen LogP contribution in [0.5, 0.6) is 0 Å². The lowest BCUT2D eigenvalue weighted by Gasteiger charge is -2.19. The maximum atomic E-state index is 6.08. The predicted octanol–water partition coefficient (Wildman–Crippen LogP) is 2.95. The van der Waals surface area contributed by atoms with E-state index in [1.165, 1.54) is 11.9 Å². The molecule has 0 bridgehead atoms. The number of nitrogen functional groups attached to an aromatic ring is 1. The SMILES string of the molecule is CC(C)(C)n1nc(CCc2ccccc2)c2c(N)ncnc21. The van der Waals surface area contributed by atoms with E-state index in [0.29, 0.717) is 5.82 Å². The minimum Gasteiger partial charge on any atom is -0.383 e. The summed E-state index contributed by atoms with van der Waals surface area (Å²) in [6, 6.07) is 10.4. The van der Waals surface area contributed by atoms with Gasteiger partial charge in [0.25, 0.3) is 0 Å². The van der Waals surface area contributed by atoms with Crippen LogP contribution in [0.1, 0.15) is 32.0 Å². The molecule has 0 spiro atoms. The Kier molecular flexibility index (Phi) is 3.56. The van der Waals surface area contributed by atoms with Crippen LogP contribution in [0.25, 0.3) is 11.0 Å². The summed E-state index contributed by atoms with van der Waals surface area (Å²) in [5.74, 6) is 0.503. The zero-order valence-electron chi connectivity index (χ0n) is 13.2. The molecule has 5 heteroatoms. The van der Waals surface area contributed by atoms with Crippen molar-refractivity contribution in [2.24, 2.45) is 0 Å². The van der Waals surface area contributed by atoms with E-state index in [1.807, 2.05) is 10.7 Å². The highest BCUT2D eigenvalue weighted by Gasteiger charge is 2.22. The number of hydrogen-bond donors (Lipinski definition) is 1. The van der Waals surface area contributed by atoms with Crippen LogP contribution in [0.4, 0.5) is 5.82 Å². The van der Waals surface area contributed by atoms with Gasteiger partial charge >= 0.3 is 0 Å². The quantitative estimate of drug-likeness (QED) is 0.806. The van der Waals surface area contributed by atoms with E-state index in [-0.39, 0.29) is 5.54 Å². The summed E-state index contributed by atoms with van der Waals surface area (Å²) in [5, 5.41) is 5.65. The van der Waals surface area contributed by atoms with Gasteiger partial charge in [0.2, 0.25) is 0 Å². The Morgan fingerprint density at radius 2 is 1.77 bits per heavy atom. The summed E-state index contributed by atoms with van der Waals surface area (Å²) in [6.45, 7) is 6.33. The second-order valence-electron chi connectivity index (χ2n) is 6.47. The molecule has 114 valence electrons. The van der Waals surface area contributed by atoms with Gasteiger partial charge in [0.1, 0.15) is 12.1 Å². The fourth-order valence-corrected chi connectivity index (χ4v) is 2.60. The van der Waals surface area contributed by atoms with Crippen LogP contribution >= 0.6 is 0 Å². The van der Waals surface area contributed by atoms with Crippen molar-refractivity contribution in [1.29, 1.82) is 0 Å². The normalized spacial score (nSPS) is 12.0. The highest BCUT2D eigenvalue weighted by atomic mass is 15.3. The lowest BCUT2D eigenvalue weighted by Crippen LogP contribution is -2.23. The maximum absolute atomic E-state index is 6.08. The molecular weight excluding hydrogens is 274 g/mol. The van der Waals surface area contributed by atoms with Gasteiger partial charge in [-0.3, -0.25) is 0 Å². The van der Waals surface area contributed by atoms with Crippen molar-refractivity contribution in [1.82, 2.24) is 19.7 Å². The van der Waals surface area contributed by atoms with Crippen LogP contribution in [-0.4, -0.2) is 19.7 Å². The zero-order chi connectivity index (χ0) is 15.7. The Morgan fingerprint density at radius 1 is 1.05 bits per heavy atom. The third-order valence-corrected chi connectivity index (χ3v) is 3.70. The summed E-state index contributed by atoms with van der Waals surface area (Å²) in [5.41, 5.74) is 8.99. The molecule has 0 saturated carbocycles. The molecule has 0 atom stereocenters. The monoisotopic (exact) mass is 295 g/mol. The minimum atomic E-state index is -0.149. The first-order valence-electron chi connectivity index (χ1n) is 7.49. The molecular formula is C17H21N5. The topological polar surface area (TPSA) is 69.6 Å². The van der Waals surface area contributed by atoms with E-state index in [9.17, 15) is 0 Å². The Bertz CT molecular complexity index is 784. The maximum Gasteiger partial charge on any atom is 0.164 e. The summed E-state index contributed by atoms with van der Waals surface area (Å²) in [6.07, 6.45) is 3.25. The summed E-state index contributed by atoms with van der Waals surface area (Å²) < 4.78 is 1.95. The van der Waals surface area contributed by atoms with E-state index in [1.54, 1.807) is 0 Å². The van der Waals surface area contributed by atoms with Gasteiger partial charge in [-0.2, -0.15) is 5.10 Å². The molecule has 1 aromatic carbocycles. The molecule has 22 heavy (non-hydrogen) atoms. The van der Waals surface area contributed by atoms with Crippen LogP contribution in [0.3, 0.4) is 0 Å². The summed E-state index contributed by atoms with van der Waals surface area (Å²) in [4.78, 5) is 8.53. The first kappa shape index (κ1) is 14.5. The van der Waals surface area contributed by atoms with Crippen LogP contribution in [0.2, 0.25) is 0 Å². The number of hydrogen-bond acceptors (Lipinski definition) is 4. The first-order valence-corrected chi connectivity index (χ1v) is 7.49.